The Morgan fingerprint density at radius 3 is 2.74 bits per heavy atom. The van der Waals surface area contributed by atoms with Gasteiger partial charge >= 0.3 is 0 Å². The van der Waals surface area contributed by atoms with Gasteiger partial charge in [0.25, 0.3) is 0 Å². The first-order valence-corrected chi connectivity index (χ1v) is 10.5. The fraction of sp³-hybridized carbons (Fsp3) is 0.476. The van der Waals surface area contributed by atoms with Crippen molar-refractivity contribution in [1.29, 1.82) is 0 Å². The van der Waals surface area contributed by atoms with Crippen molar-refractivity contribution in [3.63, 3.8) is 0 Å². The molecule has 142 valence electrons. The van der Waals surface area contributed by atoms with E-state index in [2.05, 4.69) is 16.4 Å². The number of nitrogens with zero attached hydrogens (tertiary/aromatic N) is 2. The molecule has 0 bridgehead atoms. The number of amides is 2. The van der Waals surface area contributed by atoms with E-state index in [-0.39, 0.29) is 23.7 Å². The van der Waals surface area contributed by atoms with Gasteiger partial charge in [-0.15, -0.1) is 11.3 Å². The molecule has 1 aliphatic heterocycles. The monoisotopic (exact) mass is 383 g/mol. The van der Waals surface area contributed by atoms with Crippen LogP contribution in [0, 0.1) is 18.8 Å². The van der Waals surface area contributed by atoms with Crippen LogP contribution in [0.4, 0.5) is 10.8 Å². The summed E-state index contributed by atoms with van der Waals surface area (Å²) in [6.07, 6.45) is 3.99. The van der Waals surface area contributed by atoms with E-state index in [4.69, 9.17) is 0 Å². The van der Waals surface area contributed by atoms with Gasteiger partial charge in [0.2, 0.25) is 11.8 Å². The Morgan fingerprint density at radius 1 is 1.30 bits per heavy atom. The number of benzene rings is 1. The van der Waals surface area contributed by atoms with Gasteiger partial charge in [0.15, 0.2) is 5.13 Å². The Hall–Kier alpha value is -2.21. The summed E-state index contributed by atoms with van der Waals surface area (Å²) in [6.45, 7) is 6.65. The molecule has 2 aliphatic rings. The molecule has 0 saturated heterocycles. The third-order valence-electron chi connectivity index (χ3n) is 5.51. The Balaban J connectivity index is 1.56. The highest BCUT2D eigenvalue weighted by Gasteiger charge is 2.28. The van der Waals surface area contributed by atoms with Gasteiger partial charge in [-0.25, -0.2) is 4.98 Å². The van der Waals surface area contributed by atoms with Crippen LogP contribution in [0.2, 0.25) is 0 Å². The molecule has 2 heterocycles. The molecule has 0 unspecified atom stereocenters. The van der Waals surface area contributed by atoms with Crippen LogP contribution in [0.15, 0.2) is 18.2 Å². The van der Waals surface area contributed by atoms with Crippen LogP contribution in [0.5, 0.6) is 0 Å². The molecule has 27 heavy (non-hydrogen) atoms. The van der Waals surface area contributed by atoms with Crippen LogP contribution in [0.1, 0.15) is 43.6 Å². The molecule has 2 amide bonds. The third kappa shape index (κ3) is 3.38. The van der Waals surface area contributed by atoms with E-state index in [0.29, 0.717) is 5.13 Å². The van der Waals surface area contributed by atoms with Crippen LogP contribution in [0.3, 0.4) is 0 Å². The van der Waals surface area contributed by atoms with Crippen LogP contribution >= 0.6 is 11.3 Å². The lowest BCUT2D eigenvalue weighted by Crippen LogP contribution is -2.32. The number of thiazole rings is 1. The minimum atomic E-state index is -0.00162. The number of carbonyl (C=O) groups excluding carboxylic acids is 2. The largest absolute Gasteiger partial charge is 0.312 e. The van der Waals surface area contributed by atoms with Crippen molar-refractivity contribution in [3.8, 4) is 11.3 Å². The molecule has 4 rings (SSSR count). The van der Waals surface area contributed by atoms with Crippen molar-refractivity contribution in [2.75, 3.05) is 16.8 Å². The van der Waals surface area contributed by atoms with Crippen molar-refractivity contribution in [1.82, 2.24) is 4.98 Å². The van der Waals surface area contributed by atoms with E-state index in [1.165, 1.54) is 16.9 Å². The molecule has 1 aromatic heterocycles. The predicted molar refractivity (Wildman–Crippen MR) is 109 cm³/mol. The predicted octanol–water partition coefficient (Wildman–Crippen LogP) is 4.40. The van der Waals surface area contributed by atoms with Gasteiger partial charge in [-0.2, -0.15) is 0 Å². The Morgan fingerprint density at radius 2 is 2.07 bits per heavy atom. The molecular weight excluding hydrogens is 358 g/mol. The van der Waals surface area contributed by atoms with E-state index in [9.17, 15) is 9.59 Å². The van der Waals surface area contributed by atoms with Crippen molar-refractivity contribution in [2.24, 2.45) is 11.8 Å². The van der Waals surface area contributed by atoms with Gasteiger partial charge in [0.05, 0.1) is 5.69 Å². The molecule has 2 aromatic rings. The Kier molecular flexibility index (Phi) is 4.76. The Bertz CT molecular complexity index is 899. The van der Waals surface area contributed by atoms with Crippen molar-refractivity contribution >= 4 is 34.0 Å². The second-order valence-electron chi connectivity index (χ2n) is 7.78. The summed E-state index contributed by atoms with van der Waals surface area (Å²) < 4.78 is 0. The van der Waals surface area contributed by atoms with Crippen LogP contribution in [0.25, 0.3) is 11.3 Å². The standard InChI is InChI=1S/C21H25N3O2S/c1-12(2)20(26)24-10-9-15-11-16(7-8-17(15)24)18-13(3)27-21(22-18)23-19(25)14-5-4-6-14/h7-8,11-12,14H,4-6,9-10H2,1-3H3,(H,22,23,25). The van der Waals surface area contributed by atoms with Gasteiger partial charge in [-0.05, 0) is 43.9 Å². The summed E-state index contributed by atoms with van der Waals surface area (Å²) >= 11 is 1.52. The van der Waals surface area contributed by atoms with Crippen molar-refractivity contribution in [2.45, 2.75) is 46.5 Å². The highest BCUT2D eigenvalue weighted by molar-refractivity contribution is 7.16. The van der Waals surface area contributed by atoms with Crippen LogP contribution in [-0.4, -0.2) is 23.3 Å². The maximum Gasteiger partial charge on any atom is 0.229 e. The zero-order valence-electron chi connectivity index (χ0n) is 16.0. The molecular formula is C21H25N3O2S. The number of hydrogen-bond acceptors (Lipinski definition) is 4. The number of anilines is 2. The van der Waals surface area contributed by atoms with E-state index < -0.39 is 0 Å². The molecule has 0 spiro atoms. The number of rotatable bonds is 4. The molecule has 1 fully saturated rings. The summed E-state index contributed by atoms with van der Waals surface area (Å²) in [5, 5.41) is 3.65. The molecule has 0 radical (unpaired) electrons. The SMILES string of the molecule is Cc1sc(NC(=O)C2CCC2)nc1-c1ccc2c(c1)CCN2C(=O)C(C)C. The van der Waals surface area contributed by atoms with Crippen molar-refractivity contribution in [3.05, 3.63) is 28.6 Å². The van der Waals surface area contributed by atoms with E-state index in [1.54, 1.807) is 0 Å². The number of carbonyl (C=O) groups is 2. The third-order valence-corrected chi connectivity index (χ3v) is 6.40. The lowest BCUT2D eigenvalue weighted by molar-refractivity contribution is -0.122. The van der Waals surface area contributed by atoms with Crippen LogP contribution in [-0.2, 0) is 16.0 Å². The van der Waals surface area contributed by atoms with Crippen LogP contribution < -0.4 is 10.2 Å². The maximum atomic E-state index is 12.4. The molecule has 1 aromatic carbocycles. The average Bonchev–Trinajstić information content (AvgIpc) is 3.15. The highest BCUT2D eigenvalue weighted by Crippen LogP contribution is 2.36. The quantitative estimate of drug-likeness (QED) is 0.851. The lowest BCUT2D eigenvalue weighted by atomic mass is 9.85. The van der Waals surface area contributed by atoms with Gasteiger partial charge in [-0.1, -0.05) is 26.3 Å². The second-order valence-corrected chi connectivity index (χ2v) is 8.98. The minimum absolute atomic E-state index is 0.00162. The minimum Gasteiger partial charge on any atom is -0.312 e. The van der Waals surface area contributed by atoms with Gasteiger partial charge in [-0.3, -0.25) is 9.59 Å². The number of hydrogen-bond donors (Lipinski definition) is 1. The van der Waals surface area contributed by atoms with Gasteiger partial charge < -0.3 is 10.2 Å². The first-order chi connectivity index (χ1) is 12.9. The zero-order chi connectivity index (χ0) is 19.1. The summed E-state index contributed by atoms with van der Waals surface area (Å²) in [5.74, 6) is 0.422. The zero-order valence-corrected chi connectivity index (χ0v) is 16.9. The smallest absolute Gasteiger partial charge is 0.229 e. The number of fused-ring (bicyclic) bond motifs is 1. The maximum absolute atomic E-state index is 12.4. The molecule has 5 nitrogen and oxygen atoms in total. The summed E-state index contributed by atoms with van der Waals surface area (Å²) in [6, 6.07) is 6.20. The average molecular weight is 384 g/mol. The second kappa shape index (κ2) is 7.08. The summed E-state index contributed by atoms with van der Waals surface area (Å²) in [4.78, 5) is 32.2. The number of aryl methyl sites for hydroxylation is 1. The molecule has 0 atom stereocenters. The topological polar surface area (TPSA) is 62.3 Å². The normalized spacial score (nSPS) is 16.4. The summed E-state index contributed by atoms with van der Waals surface area (Å²) in [5.41, 5.74) is 4.17. The van der Waals surface area contributed by atoms with Gasteiger partial charge in [0, 0.05) is 34.5 Å². The number of aromatic nitrogens is 1. The number of nitrogens with one attached hydrogen (secondary N) is 1. The van der Waals surface area contributed by atoms with Gasteiger partial charge in [0.1, 0.15) is 0 Å². The fourth-order valence-electron chi connectivity index (χ4n) is 3.69. The molecule has 1 aliphatic carbocycles. The van der Waals surface area contributed by atoms with E-state index >= 15 is 0 Å². The molecule has 1 saturated carbocycles. The molecule has 6 heteroatoms. The lowest BCUT2D eigenvalue weighted by Gasteiger charge is -2.23. The first-order valence-electron chi connectivity index (χ1n) is 9.67. The van der Waals surface area contributed by atoms with E-state index in [0.717, 1.165) is 54.0 Å². The van der Waals surface area contributed by atoms with Crippen molar-refractivity contribution < 1.29 is 9.59 Å². The van der Waals surface area contributed by atoms with E-state index in [1.807, 2.05) is 37.8 Å². The first kappa shape index (κ1) is 18.2. The Labute approximate surface area is 163 Å². The fourth-order valence-corrected chi connectivity index (χ4v) is 4.52. The molecule has 1 N–H and O–H groups in total. The summed E-state index contributed by atoms with van der Waals surface area (Å²) in [7, 11) is 0. The highest BCUT2D eigenvalue weighted by atomic mass is 32.1.